The van der Waals surface area contributed by atoms with Gasteiger partial charge in [0.2, 0.25) is 0 Å². The van der Waals surface area contributed by atoms with E-state index in [1.165, 1.54) is 5.56 Å². The van der Waals surface area contributed by atoms with Crippen LogP contribution in [0.3, 0.4) is 0 Å². The van der Waals surface area contributed by atoms with Crippen LogP contribution in [0.15, 0.2) is 11.4 Å². The van der Waals surface area contributed by atoms with Crippen molar-refractivity contribution >= 4 is 22.9 Å². The summed E-state index contributed by atoms with van der Waals surface area (Å²) in [7, 11) is 0. The average Bonchev–Trinajstić information content (AvgIpc) is 2.33. The molecule has 1 aromatic heterocycles. The van der Waals surface area contributed by atoms with E-state index in [1.54, 1.807) is 11.3 Å². The number of rotatable bonds is 2. The van der Waals surface area contributed by atoms with Gasteiger partial charge in [-0.3, -0.25) is 4.90 Å². The smallest absolute Gasteiger partial charge is 0.0973 e. The Bertz CT molecular complexity index is 302. The molecule has 0 atom stereocenters. The van der Waals surface area contributed by atoms with Gasteiger partial charge in [-0.1, -0.05) is 11.6 Å². The van der Waals surface area contributed by atoms with E-state index >= 15 is 0 Å². The van der Waals surface area contributed by atoms with E-state index < -0.39 is 5.60 Å². The van der Waals surface area contributed by atoms with Gasteiger partial charge in [-0.15, -0.1) is 11.3 Å². The first kappa shape index (κ1) is 9.46. The highest BCUT2D eigenvalue weighted by molar-refractivity contribution is 7.14. The van der Waals surface area contributed by atoms with E-state index in [1.807, 2.05) is 18.4 Å². The van der Waals surface area contributed by atoms with Crippen molar-refractivity contribution < 1.29 is 5.11 Å². The molecule has 2 nitrogen and oxygen atoms in total. The van der Waals surface area contributed by atoms with Gasteiger partial charge in [0.15, 0.2) is 0 Å². The fourth-order valence-electron chi connectivity index (χ4n) is 1.70. The second kappa shape index (κ2) is 3.24. The molecule has 72 valence electrons. The minimum Gasteiger partial charge on any atom is -0.388 e. The van der Waals surface area contributed by atoms with Crippen molar-refractivity contribution in [3.63, 3.8) is 0 Å². The molecule has 0 bridgehead atoms. The monoisotopic (exact) mass is 217 g/mol. The van der Waals surface area contributed by atoms with Crippen LogP contribution in [-0.2, 0) is 6.54 Å². The lowest BCUT2D eigenvalue weighted by atomic mass is 9.97. The summed E-state index contributed by atoms with van der Waals surface area (Å²) >= 11 is 7.52. The van der Waals surface area contributed by atoms with E-state index in [2.05, 4.69) is 4.90 Å². The summed E-state index contributed by atoms with van der Waals surface area (Å²) in [5.74, 6) is 0. The van der Waals surface area contributed by atoms with Gasteiger partial charge in [0.25, 0.3) is 0 Å². The quantitative estimate of drug-likeness (QED) is 0.819. The Morgan fingerprint density at radius 1 is 1.69 bits per heavy atom. The molecule has 2 heterocycles. The normalized spacial score (nSPS) is 21.5. The third-order valence-corrected chi connectivity index (χ3v) is 3.47. The molecule has 0 amide bonds. The number of aliphatic hydroxyl groups is 1. The predicted molar refractivity (Wildman–Crippen MR) is 55.2 cm³/mol. The van der Waals surface area contributed by atoms with Crippen molar-refractivity contribution in [2.75, 3.05) is 13.1 Å². The maximum absolute atomic E-state index is 9.51. The summed E-state index contributed by atoms with van der Waals surface area (Å²) in [5, 5.41) is 11.5. The van der Waals surface area contributed by atoms with Crippen molar-refractivity contribution in [2.45, 2.75) is 19.1 Å². The molecule has 1 aromatic rings. The van der Waals surface area contributed by atoms with Crippen molar-refractivity contribution in [3.8, 4) is 0 Å². The number of nitrogens with zero attached hydrogens (tertiary/aromatic N) is 1. The SMILES string of the molecule is CC1(O)CN(Cc2ccsc2Cl)C1. The zero-order valence-electron chi connectivity index (χ0n) is 7.46. The van der Waals surface area contributed by atoms with Crippen LogP contribution in [0, 0.1) is 0 Å². The lowest BCUT2D eigenvalue weighted by Gasteiger charge is -2.44. The molecule has 1 saturated heterocycles. The molecule has 0 unspecified atom stereocenters. The molecule has 0 aromatic carbocycles. The summed E-state index contributed by atoms with van der Waals surface area (Å²) in [5.41, 5.74) is 0.685. The minimum absolute atomic E-state index is 0.484. The molecule has 2 rings (SSSR count). The molecule has 1 aliphatic heterocycles. The van der Waals surface area contributed by atoms with Gasteiger partial charge in [0, 0.05) is 19.6 Å². The Kier molecular flexibility index (Phi) is 2.36. The number of hydrogen-bond donors (Lipinski definition) is 1. The van der Waals surface area contributed by atoms with Crippen LogP contribution in [0.25, 0.3) is 0 Å². The zero-order chi connectivity index (χ0) is 9.47. The molecule has 4 heteroatoms. The van der Waals surface area contributed by atoms with Gasteiger partial charge in [-0.2, -0.15) is 0 Å². The van der Waals surface area contributed by atoms with Gasteiger partial charge < -0.3 is 5.11 Å². The van der Waals surface area contributed by atoms with E-state index in [0.717, 1.165) is 24.0 Å². The summed E-state index contributed by atoms with van der Waals surface area (Å²) in [6, 6.07) is 2.04. The molecule has 0 aliphatic carbocycles. The van der Waals surface area contributed by atoms with Gasteiger partial charge in [-0.05, 0) is 23.9 Å². The van der Waals surface area contributed by atoms with Crippen LogP contribution in [0.4, 0.5) is 0 Å². The molecular formula is C9H12ClNOS. The Morgan fingerprint density at radius 2 is 2.38 bits per heavy atom. The third-order valence-electron chi connectivity index (χ3n) is 2.22. The lowest BCUT2D eigenvalue weighted by molar-refractivity contribution is -0.0870. The summed E-state index contributed by atoms with van der Waals surface area (Å²) in [6.07, 6.45) is 0. The van der Waals surface area contributed by atoms with E-state index in [-0.39, 0.29) is 0 Å². The number of thiophene rings is 1. The molecule has 1 N–H and O–H groups in total. The van der Waals surface area contributed by atoms with Crippen LogP contribution in [-0.4, -0.2) is 28.7 Å². The van der Waals surface area contributed by atoms with Gasteiger partial charge in [0.05, 0.1) is 9.94 Å². The lowest BCUT2D eigenvalue weighted by Crippen LogP contribution is -2.59. The highest BCUT2D eigenvalue weighted by Crippen LogP contribution is 2.28. The van der Waals surface area contributed by atoms with E-state index in [0.29, 0.717) is 0 Å². The fourth-order valence-corrected chi connectivity index (χ4v) is 2.61. The number of likely N-dealkylation sites (tertiary alicyclic amines) is 1. The predicted octanol–water partition coefficient (Wildman–Crippen LogP) is 1.97. The number of hydrogen-bond acceptors (Lipinski definition) is 3. The van der Waals surface area contributed by atoms with Crippen molar-refractivity contribution in [1.29, 1.82) is 0 Å². The Hall–Kier alpha value is -0.0900. The first-order valence-electron chi connectivity index (χ1n) is 4.23. The van der Waals surface area contributed by atoms with Crippen LogP contribution < -0.4 is 0 Å². The summed E-state index contributed by atoms with van der Waals surface area (Å²) in [6.45, 7) is 4.22. The van der Waals surface area contributed by atoms with Gasteiger partial charge >= 0.3 is 0 Å². The van der Waals surface area contributed by atoms with Gasteiger partial charge in [-0.25, -0.2) is 0 Å². The minimum atomic E-state index is -0.484. The summed E-state index contributed by atoms with van der Waals surface area (Å²) < 4.78 is 0.867. The second-order valence-electron chi connectivity index (χ2n) is 3.86. The molecule has 0 saturated carbocycles. The molecular weight excluding hydrogens is 206 g/mol. The number of halogens is 1. The molecule has 0 spiro atoms. The van der Waals surface area contributed by atoms with Crippen molar-refractivity contribution in [2.24, 2.45) is 0 Å². The van der Waals surface area contributed by atoms with E-state index in [4.69, 9.17) is 11.6 Å². The molecule has 0 radical (unpaired) electrons. The largest absolute Gasteiger partial charge is 0.388 e. The standard InChI is InChI=1S/C9H12ClNOS/c1-9(12)5-11(6-9)4-7-2-3-13-8(7)10/h2-3,12H,4-6H2,1H3. The van der Waals surface area contributed by atoms with Crippen LogP contribution >= 0.6 is 22.9 Å². The maximum Gasteiger partial charge on any atom is 0.0973 e. The Balaban J connectivity index is 1.91. The fraction of sp³-hybridized carbons (Fsp3) is 0.556. The average molecular weight is 218 g/mol. The Labute approximate surface area is 86.7 Å². The Morgan fingerprint density at radius 3 is 2.85 bits per heavy atom. The van der Waals surface area contributed by atoms with Crippen molar-refractivity contribution in [1.82, 2.24) is 4.90 Å². The van der Waals surface area contributed by atoms with Crippen LogP contribution in [0.2, 0.25) is 4.34 Å². The highest BCUT2D eigenvalue weighted by atomic mass is 35.5. The topological polar surface area (TPSA) is 23.5 Å². The van der Waals surface area contributed by atoms with E-state index in [9.17, 15) is 5.11 Å². The highest BCUT2D eigenvalue weighted by Gasteiger charge is 2.36. The zero-order valence-corrected chi connectivity index (χ0v) is 9.03. The van der Waals surface area contributed by atoms with Crippen molar-refractivity contribution in [3.05, 3.63) is 21.3 Å². The van der Waals surface area contributed by atoms with Crippen LogP contribution in [0.1, 0.15) is 12.5 Å². The molecule has 1 fully saturated rings. The number of β-amino-alcohol motifs (C(OH)–C–C–N with tert-alkyl or cyclic N) is 1. The van der Waals surface area contributed by atoms with Gasteiger partial charge in [0.1, 0.15) is 0 Å². The summed E-state index contributed by atoms with van der Waals surface area (Å²) in [4.78, 5) is 2.19. The molecule has 13 heavy (non-hydrogen) atoms. The maximum atomic E-state index is 9.51. The first-order valence-corrected chi connectivity index (χ1v) is 5.49. The molecule has 1 aliphatic rings. The second-order valence-corrected chi connectivity index (χ2v) is 5.38. The van der Waals surface area contributed by atoms with Crippen LogP contribution in [0.5, 0.6) is 0 Å². The first-order chi connectivity index (χ1) is 6.07. The third kappa shape index (κ3) is 2.05.